The van der Waals surface area contributed by atoms with E-state index < -0.39 is 0 Å². The fourth-order valence-corrected chi connectivity index (χ4v) is 1.44. The van der Waals surface area contributed by atoms with Gasteiger partial charge < -0.3 is 9.84 Å². The Bertz CT molecular complexity index is 332. The van der Waals surface area contributed by atoms with Gasteiger partial charge in [0.2, 0.25) is 0 Å². The van der Waals surface area contributed by atoms with E-state index in [1.165, 1.54) is 5.56 Å². The molecular weight excluding hydrogens is 200 g/mol. The van der Waals surface area contributed by atoms with Crippen LogP contribution in [0, 0.1) is 6.92 Å². The molecule has 0 aliphatic carbocycles. The van der Waals surface area contributed by atoms with Gasteiger partial charge in [-0.05, 0) is 36.5 Å². The maximum Gasteiger partial charge on any atom is 0.122 e. The molecule has 0 aliphatic rings. The van der Waals surface area contributed by atoms with E-state index in [9.17, 15) is 5.11 Å². The Kier molecular flexibility index (Phi) is 4.81. The first kappa shape index (κ1) is 13.0. The molecule has 1 N–H and O–H groups in total. The van der Waals surface area contributed by atoms with E-state index in [0.29, 0.717) is 12.5 Å². The quantitative estimate of drug-likeness (QED) is 0.828. The highest BCUT2D eigenvalue weighted by molar-refractivity contribution is 5.37. The standard InChI is InChI=1S/C14H22O2/c1-5-13(15)9-16-14-8-12(10(2)3)7-6-11(14)4/h6-8,10,13,15H,5,9H2,1-4H3. The van der Waals surface area contributed by atoms with Gasteiger partial charge in [0.1, 0.15) is 12.4 Å². The van der Waals surface area contributed by atoms with Crippen LogP contribution in [0.5, 0.6) is 5.75 Å². The van der Waals surface area contributed by atoms with E-state index in [1.807, 2.05) is 13.8 Å². The summed E-state index contributed by atoms with van der Waals surface area (Å²) in [6.45, 7) is 8.67. The predicted octanol–water partition coefficient (Wildman–Crippen LogP) is 3.27. The van der Waals surface area contributed by atoms with Crippen LogP contribution >= 0.6 is 0 Å². The molecule has 1 rings (SSSR count). The number of aliphatic hydroxyl groups excluding tert-OH is 1. The molecule has 1 unspecified atom stereocenters. The lowest BCUT2D eigenvalue weighted by Crippen LogP contribution is -2.16. The summed E-state index contributed by atoms with van der Waals surface area (Å²) in [6, 6.07) is 6.27. The van der Waals surface area contributed by atoms with Gasteiger partial charge in [0, 0.05) is 0 Å². The minimum Gasteiger partial charge on any atom is -0.491 e. The molecule has 1 aromatic carbocycles. The van der Waals surface area contributed by atoms with Crippen molar-refractivity contribution < 1.29 is 9.84 Å². The second-order valence-corrected chi connectivity index (χ2v) is 4.55. The maximum atomic E-state index is 9.46. The molecule has 0 fully saturated rings. The second-order valence-electron chi connectivity index (χ2n) is 4.55. The number of benzene rings is 1. The average molecular weight is 222 g/mol. The maximum absolute atomic E-state index is 9.46. The fourth-order valence-electron chi connectivity index (χ4n) is 1.44. The highest BCUT2D eigenvalue weighted by atomic mass is 16.5. The largest absolute Gasteiger partial charge is 0.491 e. The lowest BCUT2D eigenvalue weighted by molar-refractivity contribution is 0.104. The molecular formula is C14H22O2. The summed E-state index contributed by atoms with van der Waals surface area (Å²) in [5, 5.41) is 9.46. The van der Waals surface area contributed by atoms with Crippen LogP contribution in [-0.2, 0) is 0 Å². The summed E-state index contributed by atoms with van der Waals surface area (Å²) in [5.74, 6) is 1.39. The molecule has 90 valence electrons. The SMILES string of the molecule is CCC(O)COc1cc(C(C)C)ccc1C. The Hall–Kier alpha value is -1.02. The van der Waals surface area contributed by atoms with Crippen molar-refractivity contribution in [1.82, 2.24) is 0 Å². The summed E-state index contributed by atoms with van der Waals surface area (Å²) in [4.78, 5) is 0. The number of rotatable bonds is 5. The molecule has 0 bridgehead atoms. The van der Waals surface area contributed by atoms with Crippen molar-refractivity contribution in [1.29, 1.82) is 0 Å². The molecule has 0 heterocycles. The van der Waals surface area contributed by atoms with Crippen molar-refractivity contribution in [2.24, 2.45) is 0 Å². The molecule has 1 atom stereocenters. The van der Waals surface area contributed by atoms with Gasteiger partial charge in [-0.15, -0.1) is 0 Å². The first-order valence-electron chi connectivity index (χ1n) is 5.96. The molecule has 2 nitrogen and oxygen atoms in total. The van der Waals surface area contributed by atoms with Crippen LogP contribution in [0.25, 0.3) is 0 Å². The van der Waals surface area contributed by atoms with Crippen LogP contribution in [-0.4, -0.2) is 17.8 Å². The fraction of sp³-hybridized carbons (Fsp3) is 0.571. The topological polar surface area (TPSA) is 29.5 Å². The first-order chi connectivity index (χ1) is 7.54. The number of hydrogen-bond acceptors (Lipinski definition) is 2. The van der Waals surface area contributed by atoms with Crippen molar-refractivity contribution in [2.45, 2.75) is 46.1 Å². The smallest absolute Gasteiger partial charge is 0.122 e. The van der Waals surface area contributed by atoms with Crippen molar-refractivity contribution >= 4 is 0 Å². The van der Waals surface area contributed by atoms with Gasteiger partial charge in [-0.2, -0.15) is 0 Å². The van der Waals surface area contributed by atoms with Crippen LogP contribution < -0.4 is 4.74 Å². The van der Waals surface area contributed by atoms with E-state index in [-0.39, 0.29) is 6.10 Å². The van der Waals surface area contributed by atoms with Gasteiger partial charge in [0.15, 0.2) is 0 Å². The number of aliphatic hydroxyl groups is 1. The van der Waals surface area contributed by atoms with E-state index in [1.54, 1.807) is 0 Å². The Labute approximate surface area is 98.3 Å². The van der Waals surface area contributed by atoms with Crippen LogP contribution in [0.3, 0.4) is 0 Å². The Balaban J connectivity index is 2.74. The van der Waals surface area contributed by atoms with Gasteiger partial charge in [-0.25, -0.2) is 0 Å². The zero-order valence-corrected chi connectivity index (χ0v) is 10.7. The molecule has 2 heteroatoms. The van der Waals surface area contributed by atoms with Gasteiger partial charge >= 0.3 is 0 Å². The van der Waals surface area contributed by atoms with Gasteiger partial charge in [0.05, 0.1) is 6.10 Å². The number of ether oxygens (including phenoxy) is 1. The molecule has 16 heavy (non-hydrogen) atoms. The van der Waals surface area contributed by atoms with Crippen LogP contribution in [0.15, 0.2) is 18.2 Å². The van der Waals surface area contributed by atoms with Crippen LogP contribution in [0.4, 0.5) is 0 Å². The summed E-state index contributed by atoms with van der Waals surface area (Å²) in [7, 11) is 0. The highest BCUT2D eigenvalue weighted by Gasteiger charge is 2.07. The molecule has 0 saturated heterocycles. The minimum absolute atomic E-state index is 0.373. The third-order valence-corrected chi connectivity index (χ3v) is 2.78. The Morgan fingerprint density at radius 3 is 2.56 bits per heavy atom. The van der Waals surface area contributed by atoms with Crippen molar-refractivity contribution in [3.05, 3.63) is 29.3 Å². The zero-order valence-electron chi connectivity index (χ0n) is 10.7. The molecule has 0 aliphatic heterocycles. The van der Waals surface area contributed by atoms with Gasteiger partial charge in [-0.1, -0.05) is 32.9 Å². The lowest BCUT2D eigenvalue weighted by atomic mass is 10.0. The predicted molar refractivity (Wildman–Crippen MR) is 67.1 cm³/mol. The monoisotopic (exact) mass is 222 g/mol. The molecule has 0 spiro atoms. The van der Waals surface area contributed by atoms with E-state index in [4.69, 9.17) is 4.74 Å². The van der Waals surface area contributed by atoms with Gasteiger partial charge in [-0.3, -0.25) is 0 Å². The number of aryl methyl sites for hydroxylation is 1. The third-order valence-electron chi connectivity index (χ3n) is 2.78. The van der Waals surface area contributed by atoms with Crippen LogP contribution in [0.2, 0.25) is 0 Å². The molecule has 0 aromatic heterocycles. The Morgan fingerprint density at radius 1 is 1.31 bits per heavy atom. The molecule has 0 radical (unpaired) electrons. The van der Waals surface area contributed by atoms with Crippen LogP contribution in [0.1, 0.15) is 44.2 Å². The van der Waals surface area contributed by atoms with E-state index in [0.717, 1.165) is 17.7 Å². The summed E-state index contributed by atoms with van der Waals surface area (Å²) in [5.41, 5.74) is 2.39. The normalized spacial score (nSPS) is 12.9. The average Bonchev–Trinajstić information content (AvgIpc) is 2.27. The summed E-state index contributed by atoms with van der Waals surface area (Å²) >= 11 is 0. The van der Waals surface area contributed by atoms with Gasteiger partial charge in [0.25, 0.3) is 0 Å². The third kappa shape index (κ3) is 3.53. The minimum atomic E-state index is -0.373. The zero-order chi connectivity index (χ0) is 12.1. The number of hydrogen-bond donors (Lipinski definition) is 1. The molecule has 0 amide bonds. The lowest BCUT2D eigenvalue weighted by Gasteiger charge is -2.14. The Morgan fingerprint density at radius 2 is 2.00 bits per heavy atom. The second kappa shape index (κ2) is 5.90. The first-order valence-corrected chi connectivity index (χ1v) is 5.96. The highest BCUT2D eigenvalue weighted by Crippen LogP contribution is 2.24. The van der Waals surface area contributed by atoms with E-state index >= 15 is 0 Å². The summed E-state index contributed by atoms with van der Waals surface area (Å²) < 4.78 is 5.63. The van der Waals surface area contributed by atoms with Crippen molar-refractivity contribution in [3.63, 3.8) is 0 Å². The van der Waals surface area contributed by atoms with Crippen molar-refractivity contribution in [2.75, 3.05) is 6.61 Å². The van der Waals surface area contributed by atoms with E-state index in [2.05, 4.69) is 32.0 Å². The van der Waals surface area contributed by atoms with Crippen molar-refractivity contribution in [3.8, 4) is 5.75 Å². The molecule has 0 saturated carbocycles. The molecule has 1 aromatic rings. The summed E-state index contributed by atoms with van der Waals surface area (Å²) in [6.07, 6.45) is 0.352.